The number of carbonyl (C=O) groups excluding carboxylic acids is 2. The molecule has 86 valence electrons. The first-order valence-corrected chi connectivity index (χ1v) is 5.06. The topological polar surface area (TPSA) is 52.6 Å². The maximum absolute atomic E-state index is 11.3. The van der Waals surface area contributed by atoms with Crippen LogP contribution in [0.2, 0.25) is 0 Å². The Morgan fingerprint density at radius 1 is 1.29 bits per heavy atom. The van der Waals surface area contributed by atoms with Gasteiger partial charge in [-0.15, -0.1) is 0 Å². The van der Waals surface area contributed by atoms with Crippen molar-refractivity contribution in [3.05, 3.63) is 54.1 Å². The van der Waals surface area contributed by atoms with Gasteiger partial charge in [0, 0.05) is 18.2 Å². The molecular weight excluding hydrogens is 220 g/mol. The van der Waals surface area contributed by atoms with Crippen molar-refractivity contribution in [2.75, 3.05) is 0 Å². The van der Waals surface area contributed by atoms with Crippen molar-refractivity contribution in [2.24, 2.45) is 0 Å². The van der Waals surface area contributed by atoms with Crippen molar-refractivity contribution in [2.45, 2.75) is 6.29 Å². The summed E-state index contributed by atoms with van der Waals surface area (Å²) in [6.07, 6.45) is 4.61. The predicted molar refractivity (Wildman–Crippen MR) is 60.6 cm³/mol. The summed E-state index contributed by atoms with van der Waals surface area (Å²) in [5.41, 5.74) is 0.892. The molecule has 0 fully saturated rings. The molecule has 2 rings (SSSR count). The Labute approximate surface area is 98.2 Å². The van der Waals surface area contributed by atoms with Crippen LogP contribution in [0.15, 0.2) is 48.6 Å². The van der Waals surface area contributed by atoms with Gasteiger partial charge >= 0.3 is 11.9 Å². The predicted octanol–water partition coefficient (Wildman–Crippen LogP) is 1.68. The molecule has 1 atom stereocenters. The van der Waals surface area contributed by atoms with Gasteiger partial charge in [-0.05, 0) is 11.6 Å². The zero-order valence-corrected chi connectivity index (χ0v) is 8.91. The third-order valence-corrected chi connectivity index (χ3v) is 2.07. The van der Waals surface area contributed by atoms with Crippen LogP contribution in [0, 0.1) is 0 Å². The molecule has 0 aromatic heterocycles. The summed E-state index contributed by atoms with van der Waals surface area (Å²) in [6.45, 7) is 0. The number of cyclic esters (lactones) is 1. The van der Waals surface area contributed by atoms with Crippen LogP contribution in [0.4, 0.5) is 0 Å². The number of ether oxygens (including phenoxy) is 2. The van der Waals surface area contributed by atoms with Gasteiger partial charge in [-0.2, -0.15) is 0 Å². The molecule has 1 heterocycles. The van der Waals surface area contributed by atoms with E-state index in [4.69, 9.17) is 4.74 Å². The van der Waals surface area contributed by atoms with Crippen molar-refractivity contribution in [3.63, 3.8) is 0 Å². The van der Waals surface area contributed by atoms with Crippen LogP contribution in [0.3, 0.4) is 0 Å². The average Bonchev–Trinajstić information content (AvgIpc) is 2.73. The lowest BCUT2D eigenvalue weighted by Gasteiger charge is -2.07. The second kappa shape index (κ2) is 5.12. The minimum Gasteiger partial charge on any atom is -0.418 e. The van der Waals surface area contributed by atoms with Crippen molar-refractivity contribution in [1.29, 1.82) is 0 Å². The average molecular weight is 230 g/mol. The molecule has 1 unspecified atom stereocenters. The molecular formula is C13H10O4. The SMILES string of the molecule is O=C(C=Cc1ccccc1)OC1C=CC(=O)O1. The van der Waals surface area contributed by atoms with Crippen molar-refractivity contribution < 1.29 is 19.1 Å². The normalized spacial score (nSPS) is 18.4. The number of hydrogen-bond donors (Lipinski definition) is 0. The molecule has 4 nitrogen and oxygen atoms in total. The summed E-state index contributed by atoms with van der Waals surface area (Å²) in [6, 6.07) is 9.34. The van der Waals surface area contributed by atoms with E-state index in [9.17, 15) is 9.59 Å². The van der Waals surface area contributed by atoms with Crippen LogP contribution in [0.1, 0.15) is 5.56 Å². The van der Waals surface area contributed by atoms with Crippen LogP contribution in [-0.2, 0) is 19.1 Å². The highest BCUT2D eigenvalue weighted by Gasteiger charge is 2.19. The summed E-state index contributed by atoms with van der Waals surface area (Å²) in [7, 11) is 0. The minimum absolute atomic E-state index is 0.505. The second-order valence-corrected chi connectivity index (χ2v) is 3.35. The first-order valence-electron chi connectivity index (χ1n) is 5.06. The Morgan fingerprint density at radius 2 is 2.06 bits per heavy atom. The lowest BCUT2D eigenvalue weighted by Crippen LogP contribution is -2.15. The molecule has 1 aliphatic heterocycles. The molecule has 17 heavy (non-hydrogen) atoms. The fourth-order valence-corrected chi connectivity index (χ4v) is 1.30. The van der Waals surface area contributed by atoms with E-state index >= 15 is 0 Å². The van der Waals surface area contributed by atoms with Gasteiger partial charge in [0.2, 0.25) is 0 Å². The summed E-state index contributed by atoms with van der Waals surface area (Å²) in [5.74, 6) is -1.06. The molecule has 0 bridgehead atoms. The van der Waals surface area contributed by atoms with Crippen LogP contribution in [0.5, 0.6) is 0 Å². The summed E-state index contributed by atoms with van der Waals surface area (Å²) < 4.78 is 9.50. The Kier molecular flexibility index (Phi) is 3.35. The van der Waals surface area contributed by atoms with Crippen LogP contribution < -0.4 is 0 Å². The van der Waals surface area contributed by atoms with Gasteiger partial charge in [0.25, 0.3) is 6.29 Å². The van der Waals surface area contributed by atoms with E-state index in [1.165, 1.54) is 18.2 Å². The first-order chi connectivity index (χ1) is 8.24. The molecule has 0 saturated heterocycles. The molecule has 4 heteroatoms. The zero-order chi connectivity index (χ0) is 12.1. The molecule has 0 saturated carbocycles. The first kappa shape index (κ1) is 11.1. The quantitative estimate of drug-likeness (QED) is 0.585. The van der Waals surface area contributed by atoms with Crippen LogP contribution >= 0.6 is 0 Å². The number of esters is 2. The molecule has 0 amide bonds. The van der Waals surface area contributed by atoms with Gasteiger partial charge in [-0.25, -0.2) is 9.59 Å². The largest absolute Gasteiger partial charge is 0.418 e. The molecule has 1 aromatic rings. The van der Waals surface area contributed by atoms with Gasteiger partial charge in [0.1, 0.15) is 0 Å². The standard InChI is InChI=1S/C13H10O4/c14-11(16-13-9-8-12(15)17-13)7-6-10-4-2-1-3-5-10/h1-9,13H. The van der Waals surface area contributed by atoms with E-state index in [0.29, 0.717) is 0 Å². The van der Waals surface area contributed by atoms with Gasteiger partial charge < -0.3 is 9.47 Å². The van der Waals surface area contributed by atoms with Crippen molar-refractivity contribution in [3.8, 4) is 0 Å². The highest BCUT2D eigenvalue weighted by Crippen LogP contribution is 2.07. The fourth-order valence-electron chi connectivity index (χ4n) is 1.30. The Morgan fingerprint density at radius 3 is 2.71 bits per heavy atom. The van der Waals surface area contributed by atoms with E-state index in [1.54, 1.807) is 6.08 Å². The maximum atomic E-state index is 11.3. The van der Waals surface area contributed by atoms with E-state index in [1.807, 2.05) is 30.3 Å². The maximum Gasteiger partial charge on any atom is 0.334 e. The van der Waals surface area contributed by atoms with Gasteiger partial charge in [0.15, 0.2) is 0 Å². The Bertz CT molecular complexity index is 473. The smallest absolute Gasteiger partial charge is 0.334 e. The van der Waals surface area contributed by atoms with E-state index in [2.05, 4.69) is 4.74 Å². The van der Waals surface area contributed by atoms with E-state index in [0.717, 1.165) is 5.56 Å². The molecule has 0 spiro atoms. The monoisotopic (exact) mass is 230 g/mol. The minimum atomic E-state index is -0.907. The van der Waals surface area contributed by atoms with Crippen molar-refractivity contribution >= 4 is 18.0 Å². The number of hydrogen-bond acceptors (Lipinski definition) is 4. The van der Waals surface area contributed by atoms with Crippen molar-refractivity contribution in [1.82, 2.24) is 0 Å². The highest BCUT2D eigenvalue weighted by atomic mass is 16.7. The molecule has 1 aromatic carbocycles. The molecule has 1 aliphatic rings. The van der Waals surface area contributed by atoms with Gasteiger partial charge in [-0.1, -0.05) is 30.3 Å². The lowest BCUT2D eigenvalue weighted by atomic mass is 10.2. The van der Waals surface area contributed by atoms with Gasteiger partial charge in [-0.3, -0.25) is 0 Å². The molecule has 0 radical (unpaired) electrons. The summed E-state index contributed by atoms with van der Waals surface area (Å²) in [5, 5.41) is 0. The van der Waals surface area contributed by atoms with Crippen LogP contribution in [-0.4, -0.2) is 18.2 Å². The summed E-state index contributed by atoms with van der Waals surface area (Å²) in [4.78, 5) is 22.0. The number of rotatable bonds is 3. The number of benzene rings is 1. The zero-order valence-electron chi connectivity index (χ0n) is 8.91. The molecule has 0 N–H and O–H groups in total. The third-order valence-electron chi connectivity index (χ3n) is 2.07. The fraction of sp³-hybridized carbons (Fsp3) is 0.0769. The number of carbonyl (C=O) groups is 2. The lowest BCUT2D eigenvalue weighted by molar-refractivity contribution is -0.168. The Balaban J connectivity index is 1.88. The third kappa shape index (κ3) is 3.31. The highest BCUT2D eigenvalue weighted by molar-refractivity contribution is 5.88. The molecule has 0 aliphatic carbocycles. The summed E-state index contributed by atoms with van der Waals surface area (Å²) >= 11 is 0. The van der Waals surface area contributed by atoms with E-state index in [-0.39, 0.29) is 0 Å². The van der Waals surface area contributed by atoms with Crippen LogP contribution in [0.25, 0.3) is 6.08 Å². The van der Waals surface area contributed by atoms with E-state index < -0.39 is 18.2 Å². The second-order valence-electron chi connectivity index (χ2n) is 3.35. The van der Waals surface area contributed by atoms with Gasteiger partial charge in [0.05, 0.1) is 0 Å². The Hall–Kier alpha value is -2.36.